The Kier molecular flexibility index (Phi) is 7.78. The van der Waals surface area contributed by atoms with E-state index in [-0.39, 0.29) is 16.8 Å². The number of nitrogens with one attached hydrogen (secondary N) is 1. The van der Waals surface area contributed by atoms with Crippen LogP contribution in [0.1, 0.15) is 12.8 Å². The fourth-order valence-electron chi connectivity index (χ4n) is 1.40. The number of hydrogen-bond acceptors (Lipinski definition) is 7. The lowest BCUT2D eigenvalue weighted by Gasteiger charge is -2.06. The predicted octanol–water partition coefficient (Wildman–Crippen LogP) is 1.89. The molecule has 0 atom stereocenters. The highest BCUT2D eigenvalue weighted by Crippen LogP contribution is 2.21. The van der Waals surface area contributed by atoms with Crippen LogP contribution in [0.2, 0.25) is 5.28 Å². The largest absolute Gasteiger partial charge is 0.382 e. The summed E-state index contributed by atoms with van der Waals surface area (Å²) in [5.41, 5.74) is -0.189. The quantitative estimate of drug-likeness (QED) is 0.305. The molecule has 0 spiro atoms. The number of halogens is 1. The van der Waals surface area contributed by atoms with Crippen molar-refractivity contribution >= 4 is 23.1 Å². The molecule has 0 fully saturated rings. The van der Waals surface area contributed by atoms with E-state index in [2.05, 4.69) is 15.3 Å². The first-order valence-corrected chi connectivity index (χ1v) is 6.50. The van der Waals surface area contributed by atoms with E-state index in [1.807, 2.05) is 0 Å². The topological polar surface area (TPSA) is 99.4 Å². The molecule has 0 aliphatic heterocycles. The SMILES string of the molecule is COCCOCCCCNc1nc(Cl)ncc1[N+](=O)[O-]. The van der Waals surface area contributed by atoms with E-state index in [1.54, 1.807) is 7.11 Å². The van der Waals surface area contributed by atoms with Crippen LogP contribution in [0.25, 0.3) is 0 Å². The van der Waals surface area contributed by atoms with Gasteiger partial charge in [-0.1, -0.05) is 0 Å². The third-order valence-electron chi connectivity index (χ3n) is 2.38. The number of rotatable bonds is 10. The number of nitrogens with zero attached hydrogens (tertiary/aromatic N) is 3. The smallest absolute Gasteiger partial charge is 0.329 e. The van der Waals surface area contributed by atoms with Crippen molar-refractivity contribution in [3.63, 3.8) is 0 Å². The third-order valence-corrected chi connectivity index (χ3v) is 2.56. The summed E-state index contributed by atoms with van der Waals surface area (Å²) in [5, 5.41) is 13.6. The van der Waals surface area contributed by atoms with Gasteiger partial charge in [0.05, 0.1) is 18.1 Å². The highest BCUT2D eigenvalue weighted by molar-refractivity contribution is 6.28. The average molecular weight is 305 g/mol. The second kappa shape index (κ2) is 9.40. The van der Waals surface area contributed by atoms with Crippen molar-refractivity contribution in [2.45, 2.75) is 12.8 Å². The normalized spacial score (nSPS) is 10.5. The van der Waals surface area contributed by atoms with Crippen molar-refractivity contribution in [2.75, 3.05) is 38.8 Å². The van der Waals surface area contributed by atoms with Crippen LogP contribution in [0.15, 0.2) is 6.20 Å². The lowest BCUT2D eigenvalue weighted by molar-refractivity contribution is -0.384. The first-order chi connectivity index (χ1) is 9.65. The number of hydrogen-bond donors (Lipinski definition) is 1. The molecule has 0 amide bonds. The monoisotopic (exact) mass is 304 g/mol. The van der Waals surface area contributed by atoms with Gasteiger partial charge in [-0.05, 0) is 24.4 Å². The zero-order valence-corrected chi connectivity index (χ0v) is 11.9. The van der Waals surface area contributed by atoms with E-state index in [1.165, 1.54) is 0 Å². The molecular weight excluding hydrogens is 288 g/mol. The van der Waals surface area contributed by atoms with Gasteiger partial charge in [0.25, 0.3) is 0 Å². The van der Waals surface area contributed by atoms with Gasteiger partial charge in [-0.2, -0.15) is 4.98 Å². The molecule has 0 aliphatic rings. The van der Waals surface area contributed by atoms with Gasteiger partial charge in [-0.25, -0.2) is 4.98 Å². The Morgan fingerprint density at radius 1 is 1.40 bits per heavy atom. The average Bonchev–Trinajstić information content (AvgIpc) is 2.41. The van der Waals surface area contributed by atoms with Crippen LogP contribution in [-0.4, -0.2) is 48.4 Å². The maximum absolute atomic E-state index is 10.8. The van der Waals surface area contributed by atoms with Crippen LogP contribution >= 0.6 is 11.6 Å². The minimum absolute atomic E-state index is 0.0269. The maximum Gasteiger partial charge on any atom is 0.329 e. The molecule has 1 aromatic heterocycles. The molecule has 1 rings (SSSR count). The number of aromatic nitrogens is 2. The van der Waals surface area contributed by atoms with Gasteiger partial charge < -0.3 is 14.8 Å². The number of methoxy groups -OCH3 is 1. The number of ether oxygens (including phenoxy) is 2. The second-order valence-electron chi connectivity index (χ2n) is 3.87. The number of anilines is 1. The first-order valence-electron chi connectivity index (χ1n) is 6.12. The Balaban J connectivity index is 2.28. The summed E-state index contributed by atoms with van der Waals surface area (Å²) in [6.45, 7) is 2.31. The number of unbranched alkanes of at least 4 members (excludes halogenated alkanes) is 1. The van der Waals surface area contributed by atoms with E-state index in [0.29, 0.717) is 26.4 Å². The molecule has 1 aromatic rings. The summed E-state index contributed by atoms with van der Waals surface area (Å²) in [6.07, 6.45) is 2.72. The van der Waals surface area contributed by atoms with Crippen molar-refractivity contribution in [3.05, 3.63) is 21.6 Å². The molecule has 8 nitrogen and oxygen atoms in total. The van der Waals surface area contributed by atoms with Gasteiger partial charge in [-0.3, -0.25) is 10.1 Å². The predicted molar refractivity (Wildman–Crippen MR) is 74.1 cm³/mol. The Bertz CT molecular complexity index is 433. The van der Waals surface area contributed by atoms with E-state index in [4.69, 9.17) is 21.1 Å². The summed E-state index contributed by atoms with van der Waals surface area (Å²) in [5.74, 6) is 0.135. The fraction of sp³-hybridized carbons (Fsp3) is 0.636. The summed E-state index contributed by atoms with van der Waals surface area (Å²) in [7, 11) is 1.62. The lowest BCUT2D eigenvalue weighted by Crippen LogP contribution is -2.09. The lowest BCUT2D eigenvalue weighted by atomic mass is 10.3. The van der Waals surface area contributed by atoms with Crippen LogP contribution in [0.5, 0.6) is 0 Å². The molecule has 20 heavy (non-hydrogen) atoms. The van der Waals surface area contributed by atoms with E-state index in [9.17, 15) is 10.1 Å². The highest BCUT2D eigenvalue weighted by Gasteiger charge is 2.16. The Morgan fingerprint density at radius 2 is 2.20 bits per heavy atom. The third kappa shape index (κ3) is 6.09. The van der Waals surface area contributed by atoms with Crippen LogP contribution in [-0.2, 0) is 9.47 Å². The standard InChI is InChI=1S/C11H17ClN4O4/c1-19-6-7-20-5-3-2-4-13-10-9(16(17)18)8-14-11(12)15-10/h8H,2-7H2,1H3,(H,13,14,15). The molecule has 0 saturated heterocycles. The van der Waals surface area contributed by atoms with Crippen molar-refractivity contribution in [2.24, 2.45) is 0 Å². The van der Waals surface area contributed by atoms with Gasteiger partial charge >= 0.3 is 5.69 Å². The summed E-state index contributed by atoms with van der Waals surface area (Å²) in [4.78, 5) is 17.6. The Hall–Kier alpha value is -1.51. The first kappa shape index (κ1) is 16.5. The Labute approximate surface area is 121 Å². The van der Waals surface area contributed by atoms with E-state index < -0.39 is 4.92 Å². The van der Waals surface area contributed by atoms with E-state index >= 15 is 0 Å². The van der Waals surface area contributed by atoms with Gasteiger partial charge in [0, 0.05) is 20.3 Å². The van der Waals surface area contributed by atoms with Gasteiger partial charge in [0.1, 0.15) is 6.20 Å². The summed E-state index contributed by atoms with van der Waals surface area (Å²) >= 11 is 5.62. The van der Waals surface area contributed by atoms with Crippen molar-refractivity contribution in [1.29, 1.82) is 0 Å². The van der Waals surface area contributed by atoms with Crippen LogP contribution in [0.4, 0.5) is 11.5 Å². The van der Waals surface area contributed by atoms with Crippen molar-refractivity contribution < 1.29 is 14.4 Å². The molecule has 0 saturated carbocycles. The minimum Gasteiger partial charge on any atom is -0.382 e. The maximum atomic E-state index is 10.8. The molecule has 1 heterocycles. The second-order valence-corrected chi connectivity index (χ2v) is 4.21. The molecule has 1 N–H and O–H groups in total. The summed E-state index contributed by atoms with van der Waals surface area (Å²) < 4.78 is 10.1. The molecule has 0 radical (unpaired) electrons. The van der Waals surface area contributed by atoms with Crippen LogP contribution in [0.3, 0.4) is 0 Å². The molecule has 112 valence electrons. The fourth-order valence-corrected chi connectivity index (χ4v) is 1.53. The molecule has 0 aromatic carbocycles. The molecular formula is C11H17ClN4O4. The Morgan fingerprint density at radius 3 is 2.90 bits per heavy atom. The van der Waals surface area contributed by atoms with E-state index in [0.717, 1.165) is 19.0 Å². The van der Waals surface area contributed by atoms with Crippen molar-refractivity contribution in [1.82, 2.24) is 9.97 Å². The van der Waals surface area contributed by atoms with Gasteiger partial charge in [-0.15, -0.1) is 0 Å². The molecule has 0 bridgehead atoms. The van der Waals surface area contributed by atoms with Gasteiger partial charge in [0.15, 0.2) is 0 Å². The summed E-state index contributed by atoms with van der Waals surface area (Å²) in [6, 6.07) is 0. The van der Waals surface area contributed by atoms with Crippen molar-refractivity contribution in [3.8, 4) is 0 Å². The molecule has 0 unspecified atom stereocenters. The zero-order chi connectivity index (χ0) is 14.8. The zero-order valence-electron chi connectivity index (χ0n) is 11.2. The minimum atomic E-state index is -0.549. The molecule has 0 aliphatic carbocycles. The highest BCUT2D eigenvalue weighted by atomic mass is 35.5. The number of nitro groups is 1. The van der Waals surface area contributed by atoms with Crippen LogP contribution < -0.4 is 5.32 Å². The van der Waals surface area contributed by atoms with Crippen LogP contribution in [0, 0.1) is 10.1 Å². The van der Waals surface area contributed by atoms with Gasteiger partial charge in [0.2, 0.25) is 11.1 Å². The molecule has 9 heteroatoms.